The van der Waals surface area contributed by atoms with Crippen molar-refractivity contribution in [2.75, 3.05) is 6.54 Å². The predicted molar refractivity (Wildman–Crippen MR) is 66.9 cm³/mol. The molecule has 19 heavy (non-hydrogen) atoms. The number of hydrogen-bond donors (Lipinski definition) is 2. The number of aliphatic hydroxyl groups excluding tert-OH is 1. The normalized spacial score (nSPS) is 13.4. The summed E-state index contributed by atoms with van der Waals surface area (Å²) in [4.78, 5) is 10.3. The molecule has 0 saturated carbocycles. The van der Waals surface area contributed by atoms with E-state index in [0.717, 1.165) is 0 Å². The zero-order valence-corrected chi connectivity index (χ0v) is 11.2. The summed E-state index contributed by atoms with van der Waals surface area (Å²) in [6.45, 7) is 6.90. The molecule has 2 heterocycles. The largest absolute Gasteiger partial charge is 0.392 e. The molecule has 1 atom stereocenters. The number of aliphatic hydroxyl groups is 1. The van der Waals surface area contributed by atoms with Gasteiger partial charge in [-0.05, 0) is 20.8 Å². The van der Waals surface area contributed by atoms with E-state index >= 15 is 0 Å². The third-order valence-electron chi connectivity index (χ3n) is 2.66. The maximum Gasteiger partial charge on any atom is 0.241 e. The van der Waals surface area contributed by atoms with Crippen LogP contribution >= 0.6 is 0 Å². The molecule has 0 amide bonds. The number of nitrogens with one attached hydrogen (secondary N) is 1. The van der Waals surface area contributed by atoms with Gasteiger partial charge in [0.15, 0.2) is 5.82 Å². The van der Waals surface area contributed by atoms with Crippen LogP contribution in [0.5, 0.6) is 0 Å². The van der Waals surface area contributed by atoms with Gasteiger partial charge in [0, 0.05) is 12.6 Å². The zero-order valence-electron chi connectivity index (χ0n) is 11.2. The zero-order chi connectivity index (χ0) is 13.8. The fourth-order valence-electron chi connectivity index (χ4n) is 1.70. The SMILES string of the molecule is CC(O)CN(Cc1nc(-c2ncn[nH]2)no1)C(C)C. The van der Waals surface area contributed by atoms with Gasteiger partial charge in [0.25, 0.3) is 0 Å². The van der Waals surface area contributed by atoms with Crippen molar-refractivity contribution in [3.63, 3.8) is 0 Å². The summed E-state index contributed by atoms with van der Waals surface area (Å²) in [6, 6.07) is 0.273. The molecule has 0 saturated heterocycles. The average molecular weight is 266 g/mol. The molecule has 2 rings (SSSR count). The van der Waals surface area contributed by atoms with Gasteiger partial charge >= 0.3 is 0 Å². The first kappa shape index (κ1) is 13.6. The van der Waals surface area contributed by atoms with Gasteiger partial charge in [0.1, 0.15) is 6.33 Å². The number of aromatic amines is 1. The van der Waals surface area contributed by atoms with E-state index in [1.54, 1.807) is 6.92 Å². The number of rotatable bonds is 6. The molecule has 0 bridgehead atoms. The minimum absolute atomic E-state index is 0.273. The summed E-state index contributed by atoms with van der Waals surface area (Å²) in [7, 11) is 0. The summed E-state index contributed by atoms with van der Waals surface area (Å²) in [5, 5.41) is 19.7. The molecule has 0 radical (unpaired) electrons. The fourth-order valence-corrected chi connectivity index (χ4v) is 1.70. The molecule has 2 aromatic heterocycles. The van der Waals surface area contributed by atoms with Crippen molar-refractivity contribution in [1.29, 1.82) is 0 Å². The van der Waals surface area contributed by atoms with Crippen molar-refractivity contribution in [1.82, 2.24) is 30.2 Å². The maximum atomic E-state index is 9.47. The molecular formula is C11H18N6O2. The fraction of sp³-hybridized carbons (Fsp3) is 0.636. The van der Waals surface area contributed by atoms with Crippen molar-refractivity contribution in [2.45, 2.75) is 39.5 Å². The lowest BCUT2D eigenvalue weighted by Crippen LogP contribution is -2.36. The Balaban J connectivity index is 2.06. The maximum absolute atomic E-state index is 9.47. The van der Waals surface area contributed by atoms with E-state index in [0.29, 0.717) is 30.6 Å². The van der Waals surface area contributed by atoms with Gasteiger partial charge in [-0.15, -0.1) is 0 Å². The van der Waals surface area contributed by atoms with E-state index in [4.69, 9.17) is 4.52 Å². The van der Waals surface area contributed by atoms with Crippen LogP contribution in [0.1, 0.15) is 26.7 Å². The smallest absolute Gasteiger partial charge is 0.241 e. The Morgan fingerprint density at radius 2 is 2.21 bits per heavy atom. The first-order chi connectivity index (χ1) is 9.06. The van der Waals surface area contributed by atoms with Crippen LogP contribution in [-0.4, -0.2) is 54.0 Å². The van der Waals surface area contributed by atoms with Crippen LogP contribution in [0.15, 0.2) is 10.9 Å². The van der Waals surface area contributed by atoms with Crippen molar-refractivity contribution in [3.8, 4) is 11.6 Å². The summed E-state index contributed by atoms with van der Waals surface area (Å²) >= 11 is 0. The lowest BCUT2D eigenvalue weighted by atomic mass is 10.2. The summed E-state index contributed by atoms with van der Waals surface area (Å²) in [5.41, 5.74) is 0. The summed E-state index contributed by atoms with van der Waals surface area (Å²) in [6.07, 6.45) is 0.984. The monoisotopic (exact) mass is 266 g/mol. The first-order valence-electron chi connectivity index (χ1n) is 6.16. The standard InChI is InChI=1S/C11H18N6O2/c1-7(2)17(4-8(3)18)5-9-14-11(16-19-9)10-12-6-13-15-10/h6-8,18H,4-5H2,1-3H3,(H,12,13,15). The van der Waals surface area contributed by atoms with E-state index in [-0.39, 0.29) is 6.04 Å². The molecule has 8 nitrogen and oxygen atoms in total. The molecule has 2 aromatic rings. The van der Waals surface area contributed by atoms with Crippen LogP contribution in [0.25, 0.3) is 11.6 Å². The lowest BCUT2D eigenvalue weighted by Gasteiger charge is -2.25. The molecule has 0 aliphatic carbocycles. The molecule has 1 unspecified atom stereocenters. The first-order valence-corrected chi connectivity index (χ1v) is 6.16. The van der Waals surface area contributed by atoms with Crippen LogP contribution in [-0.2, 0) is 6.54 Å². The van der Waals surface area contributed by atoms with Crippen LogP contribution in [0.4, 0.5) is 0 Å². The Morgan fingerprint density at radius 1 is 1.42 bits per heavy atom. The number of nitrogens with zero attached hydrogens (tertiary/aromatic N) is 5. The Bertz CT molecular complexity index is 493. The highest BCUT2D eigenvalue weighted by molar-refractivity contribution is 5.39. The highest BCUT2D eigenvalue weighted by Gasteiger charge is 2.17. The van der Waals surface area contributed by atoms with Crippen molar-refractivity contribution >= 4 is 0 Å². The van der Waals surface area contributed by atoms with Crippen molar-refractivity contribution < 1.29 is 9.63 Å². The van der Waals surface area contributed by atoms with Crippen LogP contribution < -0.4 is 0 Å². The van der Waals surface area contributed by atoms with Crippen molar-refractivity contribution in [2.24, 2.45) is 0 Å². The van der Waals surface area contributed by atoms with Gasteiger partial charge in [0.05, 0.1) is 12.6 Å². The van der Waals surface area contributed by atoms with E-state index in [9.17, 15) is 5.11 Å². The third kappa shape index (κ3) is 3.58. The minimum atomic E-state index is -0.404. The van der Waals surface area contributed by atoms with Gasteiger partial charge in [-0.25, -0.2) is 4.98 Å². The second-order valence-corrected chi connectivity index (χ2v) is 4.72. The molecule has 0 fully saturated rings. The Hall–Kier alpha value is -1.80. The molecule has 2 N–H and O–H groups in total. The van der Waals surface area contributed by atoms with Crippen LogP contribution in [0.3, 0.4) is 0 Å². The van der Waals surface area contributed by atoms with E-state index < -0.39 is 6.10 Å². The van der Waals surface area contributed by atoms with Crippen LogP contribution in [0.2, 0.25) is 0 Å². The summed E-state index contributed by atoms with van der Waals surface area (Å²) in [5.74, 6) is 1.34. The number of aromatic nitrogens is 5. The molecule has 8 heteroatoms. The Labute approximate surface area is 110 Å². The highest BCUT2D eigenvalue weighted by atomic mass is 16.5. The van der Waals surface area contributed by atoms with Crippen molar-refractivity contribution in [3.05, 3.63) is 12.2 Å². The minimum Gasteiger partial charge on any atom is -0.392 e. The summed E-state index contributed by atoms with van der Waals surface area (Å²) < 4.78 is 5.18. The predicted octanol–water partition coefficient (Wildman–Crippen LogP) is 0.446. The second kappa shape index (κ2) is 5.89. The van der Waals surface area contributed by atoms with Crippen LogP contribution in [0, 0.1) is 0 Å². The van der Waals surface area contributed by atoms with Gasteiger partial charge < -0.3 is 9.63 Å². The van der Waals surface area contributed by atoms with Gasteiger partial charge in [-0.1, -0.05) is 5.16 Å². The third-order valence-corrected chi connectivity index (χ3v) is 2.66. The Morgan fingerprint density at radius 3 is 2.79 bits per heavy atom. The topological polar surface area (TPSA) is 104 Å². The highest BCUT2D eigenvalue weighted by Crippen LogP contribution is 2.12. The average Bonchev–Trinajstić information content (AvgIpc) is 2.97. The number of hydrogen-bond acceptors (Lipinski definition) is 7. The lowest BCUT2D eigenvalue weighted by molar-refractivity contribution is 0.0943. The molecule has 0 aliphatic rings. The van der Waals surface area contributed by atoms with Gasteiger partial charge in [-0.3, -0.25) is 10.00 Å². The number of H-pyrrole nitrogens is 1. The Kier molecular flexibility index (Phi) is 4.23. The van der Waals surface area contributed by atoms with E-state index in [2.05, 4.69) is 44.1 Å². The quantitative estimate of drug-likeness (QED) is 0.782. The van der Waals surface area contributed by atoms with Gasteiger partial charge in [0.2, 0.25) is 11.7 Å². The second-order valence-electron chi connectivity index (χ2n) is 4.72. The molecule has 104 valence electrons. The molecular weight excluding hydrogens is 248 g/mol. The van der Waals surface area contributed by atoms with E-state index in [1.165, 1.54) is 6.33 Å². The molecule has 0 aromatic carbocycles. The molecule has 0 aliphatic heterocycles. The van der Waals surface area contributed by atoms with E-state index in [1.807, 2.05) is 0 Å². The molecule has 0 spiro atoms. The van der Waals surface area contributed by atoms with Gasteiger partial charge in [-0.2, -0.15) is 10.1 Å².